The molecule has 0 bridgehead atoms. The largest absolute Gasteiger partial charge is 0.388 e. The molecule has 1 aromatic carbocycles. The zero-order valence-corrected chi connectivity index (χ0v) is 6.10. The molecule has 1 fully saturated rings. The maximum absolute atomic E-state index is 9.24. The molecule has 58 valence electrons. The van der Waals surface area contributed by atoms with Gasteiger partial charge in [-0.1, -0.05) is 30.3 Å². The summed E-state index contributed by atoms with van der Waals surface area (Å²) in [5.74, 6) is 0. The minimum absolute atomic E-state index is 0.0869. The highest BCUT2D eigenvalue weighted by atomic mass is 16.5. The van der Waals surface area contributed by atoms with Gasteiger partial charge in [0.1, 0.15) is 12.2 Å². The molecule has 11 heavy (non-hydrogen) atoms. The van der Waals surface area contributed by atoms with Crippen LogP contribution in [0.4, 0.5) is 0 Å². The van der Waals surface area contributed by atoms with Crippen LogP contribution in [0.3, 0.4) is 0 Å². The Morgan fingerprint density at radius 2 is 2.00 bits per heavy atom. The molecule has 1 aliphatic rings. The minimum atomic E-state index is -0.308. The van der Waals surface area contributed by atoms with Crippen molar-refractivity contribution in [3.05, 3.63) is 35.9 Å². The third-order valence-electron chi connectivity index (χ3n) is 1.92. The maximum atomic E-state index is 9.24. The molecule has 0 saturated carbocycles. The number of ether oxygens (including phenoxy) is 1. The second-order valence-electron chi connectivity index (χ2n) is 2.73. The zero-order valence-electron chi connectivity index (χ0n) is 6.10. The van der Waals surface area contributed by atoms with Crippen LogP contribution in [0.15, 0.2) is 30.3 Å². The van der Waals surface area contributed by atoms with Crippen molar-refractivity contribution < 1.29 is 9.84 Å². The first kappa shape index (κ1) is 6.83. The Morgan fingerprint density at radius 1 is 1.27 bits per heavy atom. The molecule has 1 saturated heterocycles. The predicted molar refractivity (Wildman–Crippen MR) is 41.1 cm³/mol. The van der Waals surface area contributed by atoms with Gasteiger partial charge in [-0.3, -0.25) is 0 Å². The van der Waals surface area contributed by atoms with Crippen molar-refractivity contribution in [1.82, 2.24) is 0 Å². The smallest absolute Gasteiger partial charge is 0.111 e. The average Bonchev–Trinajstić information content (AvgIpc) is 2.04. The Morgan fingerprint density at radius 3 is 2.45 bits per heavy atom. The highest BCUT2D eigenvalue weighted by molar-refractivity contribution is 5.20. The fourth-order valence-electron chi connectivity index (χ4n) is 1.24. The summed E-state index contributed by atoms with van der Waals surface area (Å²) >= 11 is 0. The van der Waals surface area contributed by atoms with E-state index in [1.54, 1.807) is 0 Å². The van der Waals surface area contributed by atoms with Crippen LogP contribution < -0.4 is 0 Å². The first-order valence-electron chi connectivity index (χ1n) is 3.72. The van der Waals surface area contributed by atoms with Gasteiger partial charge in [0.2, 0.25) is 0 Å². The van der Waals surface area contributed by atoms with Crippen LogP contribution in [0, 0.1) is 0 Å². The lowest BCUT2D eigenvalue weighted by atomic mass is 10.0. The standard InChI is InChI=1S/C9H10O2/c10-8-6-11-9(8)7-4-2-1-3-5-7/h1-5,8-10H,6H2/t8-,9+/m1/s1. The van der Waals surface area contributed by atoms with Gasteiger partial charge in [0.15, 0.2) is 0 Å². The first-order valence-corrected chi connectivity index (χ1v) is 3.72. The molecule has 0 radical (unpaired) electrons. The summed E-state index contributed by atoms with van der Waals surface area (Å²) in [5.41, 5.74) is 1.06. The molecule has 2 rings (SSSR count). The highest BCUT2D eigenvalue weighted by Crippen LogP contribution is 2.29. The third-order valence-corrected chi connectivity index (χ3v) is 1.92. The highest BCUT2D eigenvalue weighted by Gasteiger charge is 2.30. The minimum Gasteiger partial charge on any atom is -0.388 e. The van der Waals surface area contributed by atoms with Crippen molar-refractivity contribution in [2.45, 2.75) is 12.2 Å². The number of hydrogen-bond acceptors (Lipinski definition) is 2. The van der Waals surface area contributed by atoms with Crippen LogP contribution in [0.2, 0.25) is 0 Å². The Balaban J connectivity index is 2.17. The van der Waals surface area contributed by atoms with Crippen molar-refractivity contribution in [1.29, 1.82) is 0 Å². The summed E-state index contributed by atoms with van der Waals surface area (Å²) in [7, 11) is 0. The van der Waals surface area contributed by atoms with E-state index >= 15 is 0 Å². The van der Waals surface area contributed by atoms with E-state index in [9.17, 15) is 5.11 Å². The summed E-state index contributed by atoms with van der Waals surface area (Å²) in [6.45, 7) is 0.472. The predicted octanol–water partition coefficient (Wildman–Crippen LogP) is 1.12. The van der Waals surface area contributed by atoms with Gasteiger partial charge in [-0.2, -0.15) is 0 Å². The quantitative estimate of drug-likeness (QED) is 0.650. The van der Waals surface area contributed by atoms with E-state index in [0.29, 0.717) is 6.61 Å². The van der Waals surface area contributed by atoms with E-state index in [1.165, 1.54) is 0 Å². The van der Waals surface area contributed by atoms with Gasteiger partial charge < -0.3 is 9.84 Å². The number of aliphatic hydroxyl groups is 1. The lowest BCUT2D eigenvalue weighted by Gasteiger charge is -2.32. The van der Waals surface area contributed by atoms with Gasteiger partial charge in [0.05, 0.1) is 6.61 Å². The fourth-order valence-corrected chi connectivity index (χ4v) is 1.24. The van der Waals surface area contributed by atoms with Crippen molar-refractivity contribution in [3.8, 4) is 0 Å². The lowest BCUT2D eigenvalue weighted by molar-refractivity contribution is -0.165. The van der Waals surface area contributed by atoms with Gasteiger partial charge in [-0.15, -0.1) is 0 Å². The zero-order chi connectivity index (χ0) is 7.68. The van der Waals surface area contributed by atoms with E-state index in [-0.39, 0.29) is 12.2 Å². The van der Waals surface area contributed by atoms with Crippen LogP contribution in [0.25, 0.3) is 0 Å². The Bertz CT molecular complexity index is 233. The van der Waals surface area contributed by atoms with E-state index < -0.39 is 0 Å². The molecule has 1 aromatic rings. The van der Waals surface area contributed by atoms with Gasteiger partial charge in [-0.05, 0) is 5.56 Å². The molecular formula is C9H10O2. The number of hydrogen-bond donors (Lipinski definition) is 1. The molecule has 0 aromatic heterocycles. The fraction of sp³-hybridized carbons (Fsp3) is 0.333. The van der Waals surface area contributed by atoms with Crippen molar-refractivity contribution in [3.63, 3.8) is 0 Å². The van der Waals surface area contributed by atoms with E-state index in [1.807, 2.05) is 30.3 Å². The molecule has 1 heterocycles. The first-order chi connectivity index (χ1) is 5.38. The lowest BCUT2D eigenvalue weighted by Crippen LogP contribution is -2.37. The van der Waals surface area contributed by atoms with Crippen molar-refractivity contribution in [2.24, 2.45) is 0 Å². The summed E-state index contributed by atoms with van der Waals surface area (Å²) < 4.78 is 5.18. The molecule has 2 nitrogen and oxygen atoms in total. The maximum Gasteiger partial charge on any atom is 0.111 e. The van der Waals surface area contributed by atoms with Crippen molar-refractivity contribution in [2.75, 3.05) is 6.61 Å². The van der Waals surface area contributed by atoms with Crippen LogP contribution in [-0.2, 0) is 4.74 Å². The van der Waals surface area contributed by atoms with Gasteiger partial charge in [0, 0.05) is 0 Å². The molecule has 1 N–H and O–H groups in total. The normalized spacial score (nSPS) is 29.5. The summed E-state index contributed by atoms with van der Waals surface area (Å²) in [6.07, 6.45) is -0.395. The molecule has 0 unspecified atom stereocenters. The SMILES string of the molecule is O[C@@H]1CO[C@H]1c1ccccc1. The summed E-state index contributed by atoms with van der Waals surface area (Å²) in [5, 5.41) is 9.24. The summed E-state index contributed by atoms with van der Waals surface area (Å²) in [6, 6.07) is 9.78. The molecule has 0 amide bonds. The molecule has 1 aliphatic heterocycles. The van der Waals surface area contributed by atoms with Gasteiger partial charge in [0.25, 0.3) is 0 Å². The van der Waals surface area contributed by atoms with Gasteiger partial charge in [-0.25, -0.2) is 0 Å². The van der Waals surface area contributed by atoms with E-state index in [2.05, 4.69) is 0 Å². The van der Waals surface area contributed by atoms with Crippen LogP contribution in [0.5, 0.6) is 0 Å². The Hall–Kier alpha value is -0.860. The van der Waals surface area contributed by atoms with E-state index in [0.717, 1.165) is 5.56 Å². The van der Waals surface area contributed by atoms with Crippen LogP contribution >= 0.6 is 0 Å². The third kappa shape index (κ3) is 1.15. The number of benzene rings is 1. The molecule has 2 atom stereocenters. The summed E-state index contributed by atoms with van der Waals surface area (Å²) in [4.78, 5) is 0. The van der Waals surface area contributed by atoms with E-state index in [4.69, 9.17) is 4.74 Å². The number of rotatable bonds is 1. The van der Waals surface area contributed by atoms with Crippen LogP contribution in [-0.4, -0.2) is 17.8 Å². The second kappa shape index (κ2) is 2.64. The van der Waals surface area contributed by atoms with Crippen LogP contribution in [0.1, 0.15) is 11.7 Å². The van der Waals surface area contributed by atoms with Gasteiger partial charge >= 0.3 is 0 Å². The molecular weight excluding hydrogens is 140 g/mol. The molecule has 0 aliphatic carbocycles. The second-order valence-corrected chi connectivity index (χ2v) is 2.73. The number of aliphatic hydroxyl groups excluding tert-OH is 1. The monoisotopic (exact) mass is 150 g/mol. The topological polar surface area (TPSA) is 29.5 Å². The average molecular weight is 150 g/mol. The Labute approximate surface area is 65.4 Å². The molecule has 0 spiro atoms. The molecule has 2 heteroatoms. The Kier molecular flexibility index (Phi) is 1.64. The van der Waals surface area contributed by atoms with Crippen molar-refractivity contribution >= 4 is 0 Å².